The van der Waals surface area contributed by atoms with Crippen LogP contribution in [-0.2, 0) is 11.3 Å². The molecule has 3 aromatic rings. The highest BCUT2D eigenvalue weighted by Gasteiger charge is 2.18. The predicted octanol–water partition coefficient (Wildman–Crippen LogP) is 4.25. The van der Waals surface area contributed by atoms with E-state index in [0.29, 0.717) is 29.8 Å². The van der Waals surface area contributed by atoms with E-state index in [9.17, 15) is 4.79 Å². The van der Waals surface area contributed by atoms with Gasteiger partial charge in [-0.05, 0) is 62.7 Å². The number of aromatic nitrogens is 2. The molecule has 7 nitrogen and oxygen atoms in total. The van der Waals surface area contributed by atoms with Gasteiger partial charge in [0, 0.05) is 37.4 Å². The van der Waals surface area contributed by atoms with Crippen LogP contribution >= 0.6 is 11.6 Å². The molecule has 0 atom stereocenters. The van der Waals surface area contributed by atoms with E-state index < -0.39 is 0 Å². The third-order valence-electron chi connectivity index (χ3n) is 6.19. The maximum absolute atomic E-state index is 12.8. The third kappa shape index (κ3) is 6.17. The molecule has 0 spiro atoms. The number of carbonyl (C=O) groups excluding carboxylic acids is 1. The highest BCUT2D eigenvalue weighted by atomic mass is 35.5. The average molecular weight is 483 g/mol. The lowest BCUT2D eigenvalue weighted by molar-refractivity contribution is 0.0392. The van der Waals surface area contributed by atoms with Crippen molar-refractivity contribution in [2.24, 2.45) is 0 Å². The fourth-order valence-electron chi connectivity index (χ4n) is 4.14. The van der Waals surface area contributed by atoms with Gasteiger partial charge in [-0.25, -0.2) is 4.68 Å². The number of carbonyl (C=O) groups is 1. The van der Waals surface area contributed by atoms with E-state index in [2.05, 4.69) is 22.4 Å². The first-order chi connectivity index (χ1) is 16.5. The second-order valence-electron chi connectivity index (χ2n) is 8.54. The van der Waals surface area contributed by atoms with E-state index in [1.807, 2.05) is 49.4 Å². The lowest BCUT2D eigenvalue weighted by atomic mass is 10.1. The van der Waals surface area contributed by atoms with Crippen molar-refractivity contribution in [2.45, 2.75) is 32.4 Å². The third-order valence-corrected chi connectivity index (χ3v) is 6.42. The number of hydrogen-bond donors (Lipinski definition) is 1. The van der Waals surface area contributed by atoms with E-state index >= 15 is 0 Å². The summed E-state index contributed by atoms with van der Waals surface area (Å²) in [5, 5.41) is 7.97. The summed E-state index contributed by atoms with van der Waals surface area (Å²) in [7, 11) is 2.14. The number of nitrogens with zero attached hydrogens (tertiary/aromatic N) is 3. The fraction of sp³-hybridized carbons (Fsp3) is 0.385. The van der Waals surface area contributed by atoms with Gasteiger partial charge in [0.05, 0.1) is 23.1 Å². The molecular weight excluding hydrogens is 452 g/mol. The van der Waals surface area contributed by atoms with Gasteiger partial charge >= 0.3 is 0 Å². The summed E-state index contributed by atoms with van der Waals surface area (Å²) in [5.74, 6) is 0.632. The average Bonchev–Trinajstić information content (AvgIpc) is 3.24. The smallest absolute Gasteiger partial charge is 0.255 e. The summed E-state index contributed by atoms with van der Waals surface area (Å²) in [4.78, 5) is 15.1. The maximum atomic E-state index is 12.8. The van der Waals surface area contributed by atoms with E-state index in [1.165, 1.54) is 0 Å². The van der Waals surface area contributed by atoms with Gasteiger partial charge in [0.15, 0.2) is 0 Å². The number of likely N-dealkylation sites (N-methyl/N-ethyl adjacent to an activating group) is 1. The van der Waals surface area contributed by atoms with E-state index in [4.69, 9.17) is 21.1 Å². The first kappa shape index (κ1) is 24.3. The van der Waals surface area contributed by atoms with Gasteiger partial charge in [0.2, 0.25) is 0 Å². The molecule has 0 bridgehead atoms. The Morgan fingerprint density at radius 2 is 2.03 bits per heavy atom. The second kappa shape index (κ2) is 11.5. The van der Waals surface area contributed by atoms with Crippen LogP contribution < -0.4 is 10.1 Å². The summed E-state index contributed by atoms with van der Waals surface area (Å²) < 4.78 is 13.1. The van der Waals surface area contributed by atoms with E-state index in [1.54, 1.807) is 16.9 Å². The van der Waals surface area contributed by atoms with Gasteiger partial charge in [-0.1, -0.05) is 29.8 Å². The molecule has 1 aliphatic rings. The van der Waals surface area contributed by atoms with Crippen molar-refractivity contribution in [1.29, 1.82) is 0 Å². The lowest BCUT2D eigenvalue weighted by Crippen LogP contribution is -2.38. The molecule has 4 rings (SSSR count). The molecular formula is C26H31ClN4O3. The SMILES string of the molecule is Cc1c(C(=O)NCc2cccc(OCCN(C)C3CCOCC3)c2)cnn1-c1cccc(Cl)c1. The van der Waals surface area contributed by atoms with Crippen molar-refractivity contribution >= 4 is 17.5 Å². The molecule has 0 radical (unpaired) electrons. The number of rotatable bonds is 9. The van der Waals surface area contributed by atoms with Crippen LogP contribution in [0.5, 0.6) is 5.75 Å². The molecule has 1 amide bonds. The Balaban J connectivity index is 1.29. The van der Waals surface area contributed by atoms with E-state index in [-0.39, 0.29) is 5.91 Å². The standard InChI is InChI=1S/C26H31ClN4O3/c1-19-25(18-29-31(19)23-7-4-6-21(27)16-23)26(32)28-17-20-5-3-8-24(15-20)34-14-11-30(2)22-9-12-33-13-10-22/h3-8,15-16,18,22H,9-14,17H2,1-2H3,(H,28,32). The second-order valence-corrected chi connectivity index (χ2v) is 8.97. The van der Waals surface area contributed by atoms with Crippen LogP contribution in [0.25, 0.3) is 5.69 Å². The van der Waals surface area contributed by atoms with Crippen LogP contribution in [0.4, 0.5) is 0 Å². The molecule has 0 unspecified atom stereocenters. The Bertz CT molecular complexity index is 1110. The van der Waals surface area contributed by atoms with Crippen molar-refractivity contribution in [3.05, 3.63) is 76.6 Å². The molecule has 0 saturated carbocycles. The number of nitrogens with one attached hydrogen (secondary N) is 1. The van der Waals surface area contributed by atoms with Gasteiger partial charge < -0.3 is 14.8 Å². The monoisotopic (exact) mass is 482 g/mol. The normalized spacial score (nSPS) is 14.4. The minimum absolute atomic E-state index is 0.171. The fourth-order valence-corrected chi connectivity index (χ4v) is 4.32. The van der Waals surface area contributed by atoms with Gasteiger partial charge in [-0.15, -0.1) is 0 Å². The summed E-state index contributed by atoms with van der Waals surface area (Å²) in [6.07, 6.45) is 3.73. The quantitative estimate of drug-likeness (QED) is 0.493. The van der Waals surface area contributed by atoms with Gasteiger partial charge in [0.25, 0.3) is 5.91 Å². The molecule has 1 aliphatic heterocycles. The largest absolute Gasteiger partial charge is 0.492 e. The molecule has 8 heteroatoms. The zero-order valence-corrected chi connectivity index (χ0v) is 20.4. The Morgan fingerprint density at radius 1 is 1.24 bits per heavy atom. The highest BCUT2D eigenvalue weighted by Crippen LogP contribution is 2.19. The Labute approximate surface area is 205 Å². The Morgan fingerprint density at radius 3 is 2.82 bits per heavy atom. The minimum Gasteiger partial charge on any atom is -0.492 e. The highest BCUT2D eigenvalue weighted by molar-refractivity contribution is 6.30. The van der Waals surface area contributed by atoms with Crippen LogP contribution in [0, 0.1) is 6.92 Å². The van der Waals surface area contributed by atoms with Crippen molar-refractivity contribution in [2.75, 3.05) is 33.4 Å². The maximum Gasteiger partial charge on any atom is 0.255 e. The van der Waals surface area contributed by atoms with Crippen molar-refractivity contribution < 1.29 is 14.3 Å². The molecule has 2 heterocycles. The van der Waals surface area contributed by atoms with Gasteiger partial charge in [0.1, 0.15) is 12.4 Å². The van der Waals surface area contributed by atoms with E-state index in [0.717, 1.165) is 55.3 Å². The van der Waals surface area contributed by atoms with Gasteiger partial charge in [-0.3, -0.25) is 9.69 Å². The molecule has 1 aromatic heterocycles. The first-order valence-electron chi connectivity index (χ1n) is 11.6. The van der Waals surface area contributed by atoms with Crippen LogP contribution in [0.1, 0.15) is 34.5 Å². The lowest BCUT2D eigenvalue weighted by Gasteiger charge is -2.31. The minimum atomic E-state index is -0.171. The van der Waals surface area contributed by atoms with Gasteiger partial charge in [-0.2, -0.15) is 5.10 Å². The summed E-state index contributed by atoms with van der Waals surface area (Å²) >= 11 is 6.09. The zero-order valence-electron chi connectivity index (χ0n) is 19.7. The van der Waals surface area contributed by atoms with Crippen LogP contribution in [-0.4, -0.2) is 60.0 Å². The van der Waals surface area contributed by atoms with Crippen molar-refractivity contribution in [3.63, 3.8) is 0 Å². The molecule has 1 N–H and O–H groups in total. The number of benzene rings is 2. The summed E-state index contributed by atoms with van der Waals surface area (Å²) in [5.41, 5.74) is 3.08. The number of amides is 1. The Kier molecular flexibility index (Phi) is 8.21. The van der Waals surface area contributed by atoms with Crippen molar-refractivity contribution in [1.82, 2.24) is 20.0 Å². The number of halogens is 1. The molecule has 180 valence electrons. The van der Waals surface area contributed by atoms with Crippen LogP contribution in [0.15, 0.2) is 54.7 Å². The topological polar surface area (TPSA) is 68.6 Å². The summed E-state index contributed by atoms with van der Waals surface area (Å²) in [6.45, 7) is 5.43. The number of hydrogen-bond acceptors (Lipinski definition) is 5. The van der Waals surface area contributed by atoms with Crippen LogP contribution in [0.3, 0.4) is 0 Å². The van der Waals surface area contributed by atoms with Crippen LogP contribution in [0.2, 0.25) is 5.02 Å². The zero-order chi connectivity index (χ0) is 23.9. The molecule has 1 fully saturated rings. The molecule has 34 heavy (non-hydrogen) atoms. The molecule has 1 saturated heterocycles. The van der Waals surface area contributed by atoms with Crippen molar-refractivity contribution in [3.8, 4) is 11.4 Å². The first-order valence-corrected chi connectivity index (χ1v) is 12.0. The molecule has 2 aromatic carbocycles. The summed E-state index contributed by atoms with van der Waals surface area (Å²) in [6, 6.07) is 15.8. The Hall–Kier alpha value is -2.87. The molecule has 0 aliphatic carbocycles. The predicted molar refractivity (Wildman–Crippen MR) is 133 cm³/mol. The number of ether oxygens (including phenoxy) is 2.